The molecule has 0 aliphatic carbocycles. The lowest BCUT2D eigenvalue weighted by molar-refractivity contribution is 0.0873. The molecule has 102 valence electrons. The predicted molar refractivity (Wildman–Crippen MR) is 83.0 cm³/mol. The fourth-order valence-electron chi connectivity index (χ4n) is 1.76. The molecule has 0 saturated carbocycles. The third kappa shape index (κ3) is 4.31. The molecule has 1 heterocycles. The number of rotatable bonds is 6. The fraction of sp³-hybridized carbons (Fsp3) is 0.692. The molecule has 0 aromatic carbocycles. The molecule has 0 N–H and O–H groups in total. The zero-order valence-corrected chi connectivity index (χ0v) is 14.2. The maximum absolute atomic E-state index is 6.19. The highest BCUT2D eigenvalue weighted by Gasteiger charge is 2.18. The van der Waals surface area contributed by atoms with Crippen molar-refractivity contribution in [2.24, 2.45) is 5.92 Å². The summed E-state index contributed by atoms with van der Waals surface area (Å²) in [6.45, 7) is 6.46. The smallest absolute Gasteiger partial charge is 0.159 e. The zero-order chi connectivity index (χ0) is 13.7. The van der Waals surface area contributed by atoms with E-state index >= 15 is 0 Å². The Balaban J connectivity index is 3.09. The van der Waals surface area contributed by atoms with E-state index in [0.29, 0.717) is 16.9 Å². The second kappa shape index (κ2) is 7.60. The molecule has 1 aromatic rings. The van der Waals surface area contributed by atoms with Gasteiger partial charge in [0.05, 0.1) is 9.26 Å². The van der Waals surface area contributed by atoms with Gasteiger partial charge in [-0.05, 0) is 41.4 Å². The van der Waals surface area contributed by atoms with Crippen LogP contribution in [0.3, 0.4) is 0 Å². The van der Waals surface area contributed by atoms with Crippen LogP contribution in [0.4, 0.5) is 0 Å². The molecule has 0 bridgehead atoms. The Kier molecular flexibility index (Phi) is 6.81. The SMILES string of the molecule is CCCC(OC)c1nc(Cl)c(I)c(CC(C)C)n1. The number of hydrogen-bond acceptors (Lipinski definition) is 3. The van der Waals surface area contributed by atoms with Crippen molar-refractivity contribution in [3.63, 3.8) is 0 Å². The van der Waals surface area contributed by atoms with Gasteiger partial charge in [-0.25, -0.2) is 9.97 Å². The lowest BCUT2D eigenvalue weighted by Gasteiger charge is -2.16. The van der Waals surface area contributed by atoms with E-state index in [1.165, 1.54) is 0 Å². The Bertz CT molecular complexity index is 399. The molecule has 0 spiro atoms. The summed E-state index contributed by atoms with van der Waals surface area (Å²) >= 11 is 8.40. The quantitative estimate of drug-likeness (QED) is 0.539. The maximum atomic E-state index is 6.19. The Morgan fingerprint density at radius 2 is 2.00 bits per heavy atom. The average molecular weight is 383 g/mol. The molecule has 0 saturated heterocycles. The molecule has 0 radical (unpaired) electrons. The molecule has 1 unspecified atom stereocenters. The second-order valence-electron chi connectivity index (χ2n) is 4.74. The number of aromatic nitrogens is 2. The molecule has 1 atom stereocenters. The van der Waals surface area contributed by atoms with E-state index in [4.69, 9.17) is 16.3 Å². The average Bonchev–Trinajstić information content (AvgIpc) is 2.31. The Morgan fingerprint density at radius 1 is 1.33 bits per heavy atom. The molecular weight excluding hydrogens is 363 g/mol. The summed E-state index contributed by atoms with van der Waals surface area (Å²) in [5.74, 6) is 1.25. The third-order valence-corrected chi connectivity index (χ3v) is 4.35. The van der Waals surface area contributed by atoms with Gasteiger partial charge >= 0.3 is 0 Å². The number of ether oxygens (including phenoxy) is 1. The second-order valence-corrected chi connectivity index (χ2v) is 6.18. The van der Waals surface area contributed by atoms with Crippen molar-refractivity contribution in [1.29, 1.82) is 0 Å². The monoisotopic (exact) mass is 382 g/mol. The fourth-order valence-corrected chi connectivity index (χ4v) is 2.42. The topological polar surface area (TPSA) is 35.0 Å². The molecule has 3 nitrogen and oxygen atoms in total. The summed E-state index contributed by atoms with van der Waals surface area (Å²) < 4.78 is 6.40. The van der Waals surface area contributed by atoms with Gasteiger partial charge in [-0.1, -0.05) is 38.8 Å². The van der Waals surface area contributed by atoms with E-state index in [2.05, 4.69) is 53.3 Å². The highest BCUT2D eigenvalue weighted by Crippen LogP contribution is 2.26. The minimum atomic E-state index is -0.0598. The molecular formula is C13H20ClIN2O. The standard InChI is InChI=1S/C13H20ClIN2O/c1-5-6-10(18-4)13-16-9(7-8(2)3)11(15)12(14)17-13/h8,10H,5-7H2,1-4H3. The lowest BCUT2D eigenvalue weighted by atomic mass is 10.1. The predicted octanol–water partition coefficient (Wildman–Crippen LogP) is 4.42. The van der Waals surface area contributed by atoms with E-state index < -0.39 is 0 Å². The Morgan fingerprint density at radius 3 is 2.50 bits per heavy atom. The molecule has 1 rings (SSSR count). The van der Waals surface area contributed by atoms with E-state index in [0.717, 1.165) is 28.5 Å². The third-order valence-electron chi connectivity index (χ3n) is 2.62. The van der Waals surface area contributed by atoms with Gasteiger partial charge in [0.1, 0.15) is 11.3 Å². The van der Waals surface area contributed by atoms with Gasteiger partial charge in [0, 0.05) is 7.11 Å². The summed E-state index contributed by atoms with van der Waals surface area (Å²) in [6, 6.07) is 0. The van der Waals surface area contributed by atoms with Gasteiger partial charge in [-0.3, -0.25) is 0 Å². The van der Waals surface area contributed by atoms with Gasteiger partial charge in [-0.15, -0.1) is 0 Å². The number of halogens is 2. The Hall–Kier alpha value is 0.0600. The van der Waals surface area contributed by atoms with Crippen LogP contribution in [0.25, 0.3) is 0 Å². The highest BCUT2D eigenvalue weighted by atomic mass is 127. The van der Waals surface area contributed by atoms with Gasteiger partial charge in [-0.2, -0.15) is 0 Å². The molecule has 0 aliphatic rings. The summed E-state index contributed by atoms with van der Waals surface area (Å²) in [7, 11) is 1.69. The van der Waals surface area contributed by atoms with Crippen LogP contribution in [0.1, 0.15) is 51.2 Å². The molecule has 1 aromatic heterocycles. The largest absolute Gasteiger partial charge is 0.373 e. The van der Waals surface area contributed by atoms with E-state index in [-0.39, 0.29) is 6.10 Å². The molecule has 0 fully saturated rings. The van der Waals surface area contributed by atoms with Crippen molar-refractivity contribution in [2.75, 3.05) is 7.11 Å². The highest BCUT2D eigenvalue weighted by molar-refractivity contribution is 14.1. The van der Waals surface area contributed by atoms with Crippen molar-refractivity contribution in [1.82, 2.24) is 9.97 Å². The number of hydrogen-bond donors (Lipinski definition) is 0. The summed E-state index contributed by atoms with van der Waals surface area (Å²) in [4.78, 5) is 8.99. The van der Waals surface area contributed by atoms with E-state index in [1.54, 1.807) is 7.11 Å². The zero-order valence-electron chi connectivity index (χ0n) is 11.3. The van der Waals surface area contributed by atoms with Crippen LogP contribution < -0.4 is 0 Å². The van der Waals surface area contributed by atoms with Crippen molar-refractivity contribution in [2.45, 2.75) is 46.1 Å². The van der Waals surface area contributed by atoms with Gasteiger partial charge < -0.3 is 4.74 Å². The van der Waals surface area contributed by atoms with E-state index in [1.807, 2.05) is 0 Å². The molecule has 5 heteroatoms. The van der Waals surface area contributed by atoms with Crippen molar-refractivity contribution >= 4 is 34.2 Å². The normalized spacial score (nSPS) is 13.1. The lowest BCUT2D eigenvalue weighted by Crippen LogP contribution is -2.11. The Labute approximate surface area is 128 Å². The van der Waals surface area contributed by atoms with Crippen LogP contribution in [0.2, 0.25) is 5.15 Å². The van der Waals surface area contributed by atoms with Crippen LogP contribution in [0.5, 0.6) is 0 Å². The van der Waals surface area contributed by atoms with Gasteiger partial charge in [0.15, 0.2) is 5.82 Å². The minimum absolute atomic E-state index is 0.0598. The van der Waals surface area contributed by atoms with Crippen LogP contribution in [-0.2, 0) is 11.2 Å². The molecule has 0 aliphatic heterocycles. The first-order valence-corrected chi connectivity index (χ1v) is 7.69. The van der Waals surface area contributed by atoms with Gasteiger partial charge in [0.2, 0.25) is 0 Å². The summed E-state index contributed by atoms with van der Waals surface area (Å²) in [5, 5.41) is 0.536. The van der Waals surface area contributed by atoms with Crippen LogP contribution >= 0.6 is 34.2 Å². The van der Waals surface area contributed by atoms with Crippen molar-refractivity contribution in [3.8, 4) is 0 Å². The summed E-state index contributed by atoms with van der Waals surface area (Å²) in [6.07, 6.45) is 2.80. The van der Waals surface area contributed by atoms with Crippen LogP contribution in [0, 0.1) is 9.49 Å². The number of methoxy groups -OCH3 is 1. The van der Waals surface area contributed by atoms with Gasteiger partial charge in [0.25, 0.3) is 0 Å². The first-order valence-electron chi connectivity index (χ1n) is 6.24. The summed E-state index contributed by atoms with van der Waals surface area (Å²) in [5.41, 5.74) is 1.03. The minimum Gasteiger partial charge on any atom is -0.373 e. The first-order chi connectivity index (χ1) is 8.49. The van der Waals surface area contributed by atoms with E-state index in [9.17, 15) is 0 Å². The van der Waals surface area contributed by atoms with Crippen molar-refractivity contribution < 1.29 is 4.74 Å². The maximum Gasteiger partial charge on any atom is 0.159 e. The molecule has 18 heavy (non-hydrogen) atoms. The number of nitrogens with zero attached hydrogens (tertiary/aromatic N) is 2. The molecule has 0 amide bonds. The first kappa shape index (κ1) is 16.1. The van der Waals surface area contributed by atoms with Crippen molar-refractivity contribution in [3.05, 3.63) is 20.2 Å². The van der Waals surface area contributed by atoms with Crippen LogP contribution in [0.15, 0.2) is 0 Å². The van der Waals surface area contributed by atoms with Crippen LogP contribution in [-0.4, -0.2) is 17.1 Å².